The summed E-state index contributed by atoms with van der Waals surface area (Å²) in [4.78, 5) is 4.81. The lowest BCUT2D eigenvalue weighted by Gasteiger charge is -2.15. The van der Waals surface area contributed by atoms with Crippen LogP contribution >= 0.6 is 23.1 Å². The Bertz CT molecular complexity index is 1200. The average Bonchev–Trinajstić information content (AvgIpc) is 3.41. The van der Waals surface area contributed by atoms with Crippen LogP contribution in [0.5, 0.6) is 5.75 Å². The molecule has 7 heteroatoms. The van der Waals surface area contributed by atoms with E-state index in [-0.39, 0.29) is 6.10 Å². The van der Waals surface area contributed by atoms with Crippen molar-refractivity contribution in [2.24, 2.45) is 0 Å². The number of ether oxygens (including phenoxy) is 1. The van der Waals surface area contributed by atoms with Crippen LogP contribution in [0.2, 0.25) is 0 Å². The molecule has 0 bridgehead atoms. The third-order valence-electron chi connectivity index (χ3n) is 4.92. The van der Waals surface area contributed by atoms with Crippen LogP contribution in [0.25, 0.3) is 10.6 Å². The lowest BCUT2D eigenvalue weighted by Crippen LogP contribution is -2.12. The molecule has 0 radical (unpaired) electrons. The van der Waals surface area contributed by atoms with Gasteiger partial charge in [-0.25, -0.2) is 4.98 Å². The van der Waals surface area contributed by atoms with Crippen LogP contribution in [0.1, 0.15) is 35.7 Å². The van der Waals surface area contributed by atoms with Gasteiger partial charge in [0.2, 0.25) is 0 Å². The molecule has 0 saturated heterocycles. The van der Waals surface area contributed by atoms with E-state index >= 15 is 0 Å². The molecule has 32 heavy (non-hydrogen) atoms. The molecule has 0 spiro atoms. The summed E-state index contributed by atoms with van der Waals surface area (Å²) in [7, 11) is 0. The maximum absolute atomic E-state index is 6.10. The second kappa shape index (κ2) is 10.1. The molecule has 164 valence electrons. The number of allylic oxidation sites excluding steroid dienone is 1. The SMILES string of the molecule is C=CCn1c(SCc2csc(-c3cccc(C)c3)n2)nnc1C(C)Oc1ccc(C)cc1. The first-order valence-corrected chi connectivity index (χ1v) is 12.3. The first kappa shape index (κ1) is 22.3. The summed E-state index contributed by atoms with van der Waals surface area (Å²) in [5, 5.41) is 12.8. The van der Waals surface area contributed by atoms with E-state index in [4.69, 9.17) is 9.72 Å². The van der Waals surface area contributed by atoms with Gasteiger partial charge < -0.3 is 4.74 Å². The van der Waals surface area contributed by atoms with Crippen LogP contribution in [0.4, 0.5) is 0 Å². The zero-order chi connectivity index (χ0) is 22.5. The second-order valence-electron chi connectivity index (χ2n) is 7.62. The molecule has 0 aliphatic carbocycles. The Labute approximate surface area is 197 Å². The number of benzene rings is 2. The Morgan fingerprint density at radius 1 is 1.12 bits per heavy atom. The van der Waals surface area contributed by atoms with E-state index in [0.29, 0.717) is 6.54 Å². The van der Waals surface area contributed by atoms with Gasteiger partial charge in [0.15, 0.2) is 17.1 Å². The highest BCUT2D eigenvalue weighted by Crippen LogP contribution is 2.29. The minimum atomic E-state index is -0.230. The molecule has 0 aliphatic rings. The number of aromatic nitrogens is 4. The number of rotatable bonds is 9. The molecule has 4 rings (SSSR count). The molecule has 2 aromatic carbocycles. The van der Waals surface area contributed by atoms with Gasteiger partial charge in [-0.1, -0.05) is 59.3 Å². The summed E-state index contributed by atoms with van der Waals surface area (Å²) in [5.74, 6) is 2.33. The highest BCUT2D eigenvalue weighted by atomic mass is 32.2. The van der Waals surface area contributed by atoms with Crippen LogP contribution in [0.3, 0.4) is 0 Å². The largest absolute Gasteiger partial charge is 0.483 e. The molecule has 1 unspecified atom stereocenters. The van der Waals surface area contributed by atoms with Gasteiger partial charge in [-0.2, -0.15) is 0 Å². The fraction of sp³-hybridized carbons (Fsp3) is 0.240. The molecule has 4 aromatic rings. The molecule has 0 N–H and O–H groups in total. The van der Waals surface area contributed by atoms with Crippen LogP contribution in [0, 0.1) is 13.8 Å². The van der Waals surface area contributed by atoms with Crippen molar-refractivity contribution in [3.63, 3.8) is 0 Å². The minimum absolute atomic E-state index is 0.230. The van der Waals surface area contributed by atoms with E-state index < -0.39 is 0 Å². The Hall–Kier alpha value is -2.90. The minimum Gasteiger partial charge on any atom is -0.483 e. The molecule has 1 atom stereocenters. The summed E-state index contributed by atoms with van der Waals surface area (Å²) in [6.45, 7) is 10.7. The van der Waals surface area contributed by atoms with E-state index in [1.54, 1.807) is 23.1 Å². The fourth-order valence-corrected chi connectivity index (χ4v) is 5.07. The topological polar surface area (TPSA) is 52.8 Å². The van der Waals surface area contributed by atoms with Crippen molar-refractivity contribution in [1.82, 2.24) is 19.7 Å². The summed E-state index contributed by atoms with van der Waals surface area (Å²) in [5.41, 5.74) is 4.63. The predicted molar refractivity (Wildman–Crippen MR) is 132 cm³/mol. The summed E-state index contributed by atoms with van der Waals surface area (Å²) in [6.07, 6.45) is 1.63. The zero-order valence-electron chi connectivity index (χ0n) is 18.5. The van der Waals surface area contributed by atoms with E-state index in [2.05, 4.69) is 64.8 Å². The van der Waals surface area contributed by atoms with Gasteiger partial charge in [0.05, 0.1) is 5.69 Å². The van der Waals surface area contributed by atoms with Crippen molar-refractivity contribution in [3.8, 4) is 16.3 Å². The highest BCUT2D eigenvalue weighted by molar-refractivity contribution is 7.98. The number of hydrogen-bond donors (Lipinski definition) is 0. The Balaban J connectivity index is 1.46. The van der Waals surface area contributed by atoms with Gasteiger partial charge in [0.25, 0.3) is 0 Å². The normalized spacial score (nSPS) is 12.0. The molecule has 0 saturated carbocycles. The Morgan fingerprint density at radius 3 is 2.69 bits per heavy atom. The zero-order valence-corrected chi connectivity index (χ0v) is 20.1. The summed E-state index contributed by atoms with van der Waals surface area (Å²) >= 11 is 3.30. The molecular formula is C25H26N4OS2. The Morgan fingerprint density at radius 2 is 1.94 bits per heavy atom. The van der Waals surface area contributed by atoms with Crippen molar-refractivity contribution in [2.75, 3.05) is 0 Å². The fourth-order valence-electron chi connectivity index (χ4n) is 3.30. The Kier molecular flexibility index (Phi) is 7.07. The van der Waals surface area contributed by atoms with Crippen molar-refractivity contribution in [3.05, 3.63) is 89.2 Å². The monoisotopic (exact) mass is 462 g/mol. The maximum Gasteiger partial charge on any atom is 0.192 e. The quantitative estimate of drug-likeness (QED) is 0.206. The standard InChI is InChI=1S/C25H26N4OS2/c1-5-13-29-23(19(4)30-22-11-9-17(2)10-12-22)27-28-25(29)32-16-21-15-31-24(26-21)20-8-6-7-18(3)14-20/h5-12,14-15,19H,1,13,16H2,2-4H3. The highest BCUT2D eigenvalue weighted by Gasteiger charge is 2.19. The third-order valence-corrected chi connectivity index (χ3v) is 6.86. The average molecular weight is 463 g/mol. The van der Waals surface area contributed by atoms with Gasteiger partial charge in [-0.05, 0) is 39.0 Å². The van der Waals surface area contributed by atoms with Gasteiger partial charge in [0.1, 0.15) is 10.8 Å². The summed E-state index contributed by atoms with van der Waals surface area (Å²) in [6, 6.07) is 16.5. The van der Waals surface area contributed by atoms with Crippen LogP contribution < -0.4 is 4.74 Å². The smallest absolute Gasteiger partial charge is 0.192 e. The van der Waals surface area contributed by atoms with E-state index in [1.165, 1.54) is 11.1 Å². The van der Waals surface area contributed by atoms with Gasteiger partial charge in [0, 0.05) is 23.2 Å². The van der Waals surface area contributed by atoms with Gasteiger partial charge in [-0.3, -0.25) is 4.57 Å². The third kappa shape index (κ3) is 5.29. The van der Waals surface area contributed by atoms with Crippen molar-refractivity contribution in [2.45, 2.75) is 44.3 Å². The second-order valence-corrected chi connectivity index (χ2v) is 9.42. The van der Waals surface area contributed by atoms with E-state index in [1.807, 2.05) is 37.3 Å². The molecule has 0 aliphatic heterocycles. The number of thiazole rings is 1. The van der Waals surface area contributed by atoms with Crippen LogP contribution in [-0.4, -0.2) is 19.7 Å². The van der Waals surface area contributed by atoms with Crippen molar-refractivity contribution in [1.29, 1.82) is 0 Å². The lowest BCUT2D eigenvalue weighted by atomic mass is 10.1. The molecule has 0 amide bonds. The maximum atomic E-state index is 6.10. The number of aryl methyl sites for hydroxylation is 2. The first-order valence-electron chi connectivity index (χ1n) is 10.4. The number of nitrogens with zero attached hydrogens (tertiary/aromatic N) is 4. The van der Waals surface area contributed by atoms with Crippen LogP contribution in [0.15, 0.2) is 71.7 Å². The molecule has 0 fully saturated rings. The predicted octanol–water partition coefficient (Wildman–Crippen LogP) is 6.64. The van der Waals surface area contributed by atoms with E-state index in [0.717, 1.165) is 38.7 Å². The number of thioether (sulfide) groups is 1. The molecule has 2 heterocycles. The van der Waals surface area contributed by atoms with Crippen LogP contribution in [-0.2, 0) is 12.3 Å². The summed E-state index contributed by atoms with van der Waals surface area (Å²) < 4.78 is 8.16. The van der Waals surface area contributed by atoms with E-state index in [9.17, 15) is 0 Å². The van der Waals surface area contributed by atoms with Crippen molar-refractivity contribution >= 4 is 23.1 Å². The molecular weight excluding hydrogens is 436 g/mol. The first-order chi connectivity index (χ1) is 15.5. The number of hydrogen-bond acceptors (Lipinski definition) is 6. The van der Waals surface area contributed by atoms with Gasteiger partial charge in [-0.15, -0.1) is 28.1 Å². The molecule has 2 aromatic heterocycles. The van der Waals surface area contributed by atoms with Gasteiger partial charge >= 0.3 is 0 Å². The lowest BCUT2D eigenvalue weighted by molar-refractivity contribution is 0.210. The van der Waals surface area contributed by atoms with Crippen molar-refractivity contribution < 1.29 is 4.74 Å². The molecule has 5 nitrogen and oxygen atoms in total.